The molecule has 132 valence electrons. The highest BCUT2D eigenvalue weighted by molar-refractivity contribution is 7.15. The molecule has 5 nitrogen and oxygen atoms in total. The van der Waals surface area contributed by atoms with E-state index in [4.69, 9.17) is 16.3 Å². The van der Waals surface area contributed by atoms with Crippen molar-refractivity contribution in [2.45, 2.75) is 13.5 Å². The second kappa shape index (κ2) is 8.22. The Labute approximate surface area is 153 Å². The fourth-order valence-corrected chi connectivity index (χ4v) is 2.97. The third kappa shape index (κ3) is 4.87. The molecule has 0 unspecified atom stereocenters. The standard InChI is InChI=1S/C17H15ClFNO4S/c1-10(21)14-6-7-15(25-14)17(23)24-9-16(22)20(2)8-11-12(18)4-3-5-13(11)19/h3-7H,8-9H2,1-2H3. The molecule has 1 aromatic heterocycles. The average Bonchev–Trinajstić information content (AvgIpc) is 3.06. The van der Waals surface area contributed by atoms with Gasteiger partial charge in [0.2, 0.25) is 0 Å². The van der Waals surface area contributed by atoms with Gasteiger partial charge in [-0.2, -0.15) is 0 Å². The third-order valence-electron chi connectivity index (χ3n) is 3.36. The summed E-state index contributed by atoms with van der Waals surface area (Å²) in [6, 6.07) is 7.25. The fraction of sp³-hybridized carbons (Fsp3) is 0.235. The molecule has 0 aliphatic heterocycles. The summed E-state index contributed by atoms with van der Waals surface area (Å²) in [6.45, 7) is 0.858. The van der Waals surface area contributed by atoms with Gasteiger partial charge >= 0.3 is 5.97 Å². The number of esters is 1. The molecule has 0 spiro atoms. The molecule has 0 aliphatic carbocycles. The van der Waals surface area contributed by atoms with Crippen LogP contribution in [0.3, 0.4) is 0 Å². The number of rotatable bonds is 6. The number of likely N-dealkylation sites (N-methyl/N-ethyl adjacent to an activating group) is 1. The average molecular weight is 384 g/mol. The molecule has 0 saturated heterocycles. The summed E-state index contributed by atoms with van der Waals surface area (Å²) in [5, 5.41) is 0.215. The molecular weight excluding hydrogens is 369 g/mol. The van der Waals surface area contributed by atoms with E-state index < -0.39 is 24.3 Å². The Bertz CT molecular complexity index is 800. The Balaban J connectivity index is 1.92. The van der Waals surface area contributed by atoms with E-state index in [0.717, 1.165) is 11.3 Å². The van der Waals surface area contributed by atoms with Gasteiger partial charge in [-0.25, -0.2) is 9.18 Å². The number of nitrogens with zero attached hydrogens (tertiary/aromatic N) is 1. The largest absolute Gasteiger partial charge is 0.451 e. The lowest BCUT2D eigenvalue weighted by Gasteiger charge is -2.18. The summed E-state index contributed by atoms with van der Waals surface area (Å²) in [4.78, 5) is 37.1. The third-order valence-corrected chi connectivity index (χ3v) is 4.88. The molecule has 0 radical (unpaired) electrons. The smallest absolute Gasteiger partial charge is 0.348 e. The van der Waals surface area contributed by atoms with E-state index in [-0.39, 0.29) is 27.8 Å². The van der Waals surface area contributed by atoms with E-state index >= 15 is 0 Å². The van der Waals surface area contributed by atoms with Gasteiger partial charge in [-0.3, -0.25) is 9.59 Å². The maximum atomic E-state index is 13.7. The number of thiophene rings is 1. The summed E-state index contributed by atoms with van der Waals surface area (Å²) < 4.78 is 18.7. The minimum atomic E-state index is -0.692. The molecule has 1 amide bonds. The highest BCUT2D eigenvalue weighted by atomic mass is 35.5. The van der Waals surface area contributed by atoms with Crippen LogP contribution in [0.2, 0.25) is 5.02 Å². The zero-order chi connectivity index (χ0) is 18.6. The van der Waals surface area contributed by atoms with Crippen molar-refractivity contribution < 1.29 is 23.5 Å². The minimum absolute atomic E-state index is 0.0463. The van der Waals surface area contributed by atoms with Crippen LogP contribution in [0.4, 0.5) is 4.39 Å². The van der Waals surface area contributed by atoms with Gasteiger partial charge in [0, 0.05) is 24.2 Å². The number of amides is 1. The normalized spacial score (nSPS) is 10.4. The number of ketones is 1. The first kappa shape index (κ1) is 19.1. The van der Waals surface area contributed by atoms with E-state index in [9.17, 15) is 18.8 Å². The molecule has 0 fully saturated rings. The molecule has 0 aliphatic rings. The zero-order valence-corrected chi connectivity index (χ0v) is 15.1. The molecule has 0 saturated carbocycles. The highest BCUT2D eigenvalue weighted by Crippen LogP contribution is 2.21. The topological polar surface area (TPSA) is 63.7 Å². The number of benzene rings is 1. The van der Waals surface area contributed by atoms with Crippen LogP contribution in [0.5, 0.6) is 0 Å². The second-order valence-corrected chi connectivity index (χ2v) is 6.74. The van der Waals surface area contributed by atoms with Crippen molar-refractivity contribution in [3.05, 3.63) is 56.5 Å². The number of Topliss-reactive ketones (excluding diaryl/α,β-unsaturated/α-hetero) is 1. The maximum absolute atomic E-state index is 13.7. The van der Waals surface area contributed by atoms with Gasteiger partial charge in [0.1, 0.15) is 10.7 Å². The van der Waals surface area contributed by atoms with Crippen LogP contribution in [0.1, 0.15) is 31.8 Å². The Morgan fingerprint density at radius 2 is 1.88 bits per heavy atom. The van der Waals surface area contributed by atoms with Crippen molar-refractivity contribution in [3.63, 3.8) is 0 Å². The van der Waals surface area contributed by atoms with E-state index in [0.29, 0.717) is 4.88 Å². The Hall–Kier alpha value is -2.25. The first-order valence-corrected chi connectivity index (χ1v) is 8.43. The number of hydrogen-bond acceptors (Lipinski definition) is 5. The second-order valence-electron chi connectivity index (χ2n) is 5.25. The van der Waals surface area contributed by atoms with Gasteiger partial charge in [-0.15, -0.1) is 11.3 Å². The Kier molecular flexibility index (Phi) is 6.27. The van der Waals surface area contributed by atoms with Crippen molar-refractivity contribution in [2.24, 2.45) is 0 Å². The highest BCUT2D eigenvalue weighted by Gasteiger charge is 2.18. The quantitative estimate of drug-likeness (QED) is 0.565. The SMILES string of the molecule is CC(=O)c1ccc(C(=O)OCC(=O)N(C)Cc2c(F)cccc2Cl)s1. The fourth-order valence-electron chi connectivity index (χ4n) is 1.95. The van der Waals surface area contributed by atoms with Crippen LogP contribution >= 0.6 is 22.9 Å². The van der Waals surface area contributed by atoms with Gasteiger partial charge in [0.25, 0.3) is 5.91 Å². The molecule has 2 aromatic rings. The predicted octanol–water partition coefficient (Wildman–Crippen LogP) is 3.56. The van der Waals surface area contributed by atoms with Gasteiger partial charge in [-0.05, 0) is 31.2 Å². The van der Waals surface area contributed by atoms with Crippen molar-refractivity contribution in [3.8, 4) is 0 Å². The number of carbonyl (C=O) groups is 3. The monoisotopic (exact) mass is 383 g/mol. The first-order chi connectivity index (χ1) is 11.8. The van der Waals surface area contributed by atoms with Crippen molar-refractivity contribution in [1.29, 1.82) is 0 Å². The lowest BCUT2D eigenvalue weighted by Crippen LogP contribution is -2.31. The zero-order valence-electron chi connectivity index (χ0n) is 13.5. The first-order valence-electron chi connectivity index (χ1n) is 7.24. The van der Waals surface area contributed by atoms with Crippen LogP contribution in [0.25, 0.3) is 0 Å². The van der Waals surface area contributed by atoms with E-state index in [1.165, 1.54) is 49.2 Å². The Morgan fingerprint density at radius 3 is 2.48 bits per heavy atom. The van der Waals surface area contributed by atoms with Crippen molar-refractivity contribution in [1.82, 2.24) is 4.90 Å². The van der Waals surface area contributed by atoms with E-state index in [1.54, 1.807) is 0 Å². The molecule has 8 heteroatoms. The summed E-state index contributed by atoms with van der Waals surface area (Å²) in [7, 11) is 1.46. The van der Waals surface area contributed by atoms with Crippen LogP contribution in [0.15, 0.2) is 30.3 Å². The van der Waals surface area contributed by atoms with Crippen LogP contribution < -0.4 is 0 Å². The van der Waals surface area contributed by atoms with Gasteiger partial charge in [0.15, 0.2) is 12.4 Å². The molecule has 0 N–H and O–H groups in total. The number of ether oxygens (including phenoxy) is 1. The molecule has 2 rings (SSSR count). The lowest BCUT2D eigenvalue weighted by atomic mass is 10.2. The summed E-state index contributed by atoms with van der Waals surface area (Å²) in [5.74, 6) is -1.86. The summed E-state index contributed by atoms with van der Waals surface area (Å²) >= 11 is 6.92. The number of carbonyl (C=O) groups excluding carboxylic acids is 3. The van der Waals surface area contributed by atoms with Crippen LogP contribution in [-0.4, -0.2) is 36.2 Å². The molecule has 25 heavy (non-hydrogen) atoms. The molecule has 1 aromatic carbocycles. The van der Waals surface area contributed by atoms with Gasteiger partial charge in [0.05, 0.1) is 4.88 Å². The molecular formula is C17H15ClFNO4S. The summed E-state index contributed by atoms with van der Waals surface area (Å²) in [5.41, 5.74) is 0.190. The van der Waals surface area contributed by atoms with E-state index in [1.807, 2.05) is 0 Å². The van der Waals surface area contributed by atoms with Crippen LogP contribution in [0, 0.1) is 5.82 Å². The Morgan fingerprint density at radius 1 is 1.20 bits per heavy atom. The molecule has 0 bridgehead atoms. The van der Waals surface area contributed by atoms with Crippen LogP contribution in [-0.2, 0) is 16.1 Å². The van der Waals surface area contributed by atoms with Crippen molar-refractivity contribution in [2.75, 3.05) is 13.7 Å². The lowest BCUT2D eigenvalue weighted by molar-refractivity contribution is -0.133. The molecule has 1 heterocycles. The number of halogens is 2. The molecule has 0 atom stereocenters. The van der Waals surface area contributed by atoms with Crippen molar-refractivity contribution >= 4 is 40.6 Å². The summed E-state index contributed by atoms with van der Waals surface area (Å²) in [6.07, 6.45) is 0. The van der Waals surface area contributed by atoms with Gasteiger partial charge < -0.3 is 9.64 Å². The predicted molar refractivity (Wildman–Crippen MR) is 92.5 cm³/mol. The number of hydrogen-bond donors (Lipinski definition) is 0. The van der Waals surface area contributed by atoms with E-state index in [2.05, 4.69) is 0 Å². The maximum Gasteiger partial charge on any atom is 0.348 e. The van der Waals surface area contributed by atoms with Gasteiger partial charge in [-0.1, -0.05) is 17.7 Å². The minimum Gasteiger partial charge on any atom is -0.451 e.